The smallest absolute Gasteiger partial charge is 0.236 e. The fraction of sp³-hybridized carbons (Fsp3) is 0.533. The summed E-state index contributed by atoms with van der Waals surface area (Å²) in [7, 11) is 1.88. The van der Waals surface area contributed by atoms with Crippen molar-refractivity contribution in [2.24, 2.45) is 0 Å². The third-order valence-electron chi connectivity index (χ3n) is 3.67. The third-order valence-corrected chi connectivity index (χ3v) is 3.67. The lowest BCUT2D eigenvalue weighted by Gasteiger charge is -2.34. The van der Waals surface area contributed by atoms with Crippen molar-refractivity contribution in [1.82, 2.24) is 15.1 Å². The first-order valence-corrected chi connectivity index (χ1v) is 6.89. The summed E-state index contributed by atoms with van der Waals surface area (Å²) < 4.78 is 0. The van der Waals surface area contributed by atoms with Gasteiger partial charge >= 0.3 is 0 Å². The second-order valence-corrected chi connectivity index (χ2v) is 5.26. The molecule has 1 heterocycles. The molecule has 1 unspecified atom stereocenters. The lowest BCUT2D eigenvalue weighted by Crippen LogP contribution is -2.52. The Kier molecular flexibility index (Phi) is 6.99. The molecule has 4 nitrogen and oxygen atoms in total. The molecular weight excluding hydrogens is 274 g/mol. The van der Waals surface area contributed by atoms with Gasteiger partial charge in [0, 0.05) is 39.3 Å². The minimum absolute atomic E-state index is 0. The normalized spacial score (nSPS) is 19.2. The maximum atomic E-state index is 12.2. The van der Waals surface area contributed by atoms with E-state index in [1.807, 2.05) is 30.1 Å². The van der Waals surface area contributed by atoms with Crippen LogP contribution in [0, 0.1) is 0 Å². The van der Waals surface area contributed by atoms with Crippen molar-refractivity contribution in [3.63, 3.8) is 0 Å². The van der Waals surface area contributed by atoms with Gasteiger partial charge in [-0.1, -0.05) is 30.3 Å². The van der Waals surface area contributed by atoms with E-state index in [2.05, 4.69) is 29.3 Å². The molecule has 1 aromatic carbocycles. The van der Waals surface area contributed by atoms with E-state index in [1.54, 1.807) is 0 Å². The third kappa shape index (κ3) is 4.78. The van der Waals surface area contributed by atoms with Gasteiger partial charge in [0.15, 0.2) is 0 Å². The Morgan fingerprint density at radius 3 is 2.75 bits per heavy atom. The van der Waals surface area contributed by atoms with E-state index in [9.17, 15) is 4.79 Å². The van der Waals surface area contributed by atoms with Crippen molar-refractivity contribution in [3.8, 4) is 0 Å². The first kappa shape index (κ1) is 17.0. The standard InChI is InChI=1S/C15H23N3O.ClH/c1-13-10-16-8-9-18(13)12-15(19)17(2)11-14-6-4-3-5-7-14;/h3-7,13,16H,8-12H2,1-2H3;1H. The number of nitrogens with one attached hydrogen (secondary N) is 1. The number of nitrogens with zero attached hydrogens (tertiary/aromatic N) is 2. The molecule has 1 aliphatic rings. The number of carbonyl (C=O) groups excluding carboxylic acids is 1. The summed E-state index contributed by atoms with van der Waals surface area (Å²) in [5.74, 6) is 0.192. The van der Waals surface area contributed by atoms with Crippen LogP contribution in [-0.4, -0.2) is 55.0 Å². The van der Waals surface area contributed by atoms with E-state index >= 15 is 0 Å². The van der Waals surface area contributed by atoms with Crippen LogP contribution >= 0.6 is 12.4 Å². The summed E-state index contributed by atoms with van der Waals surface area (Å²) in [5, 5.41) is 3.34. The van der Waals surface area contributed by atoms with E-state index in [-0.39, 0.29) is 18.3 Å². The van der Waals surface area contributed by atoms with Crippen LogP contribution in [0.4, 0.5) is 0 Å². The molecule has 0 saturated carbocycles. The number of halogens is 1. The zero-order valence-electron chi connectivity index (χ0n) is 12.2. The highest BCUT2D eigenvalue weighted by atomic mass is 35.5. The van der Waals surface area contributed by atoms with Crippen molar-refractivity contribution in [3.05, 3.63) is 35.9 Å². The molecule has 1 aromatic rings. The largest absolute Gasteiger partial charge is 0.340 e. The average Bonchev–Trinajstić information content (AvgIpc) is 2.42. The summed E-state index contributed by atoms with van der Waals surface area (Å²) in [6, 6.07) is 10.5. The maximum absolute atomic E-state index is 12.2. The van der Waals surface area contributed by atoms with Crippen molar-refractivity contribution < 1.29 is 4.79 Å². The Balaban J connectivity index is 0.00000200. The second kappa shape index (κ2) is 8.25. The molecule has 1 amide bonds. The van der Waals surface area contributed by atoms with Crippen LogP contribution in [0.1, 0.15) is 12.5 Å². The van der Waals surface area contributed by atoms with Gasteiger partial charge in [-0.2, -0.15) is 0 Å². The molecule has 0 bridgehead atoms. The number of hydrogen-bond acceptors (Lipinski definition) is 3. The minimum atomic E-state index is 0. The molecule has 0 aliphatic carbocycles. The molecule has 2 rings (SSSR count). The molecule has 1 N–H and O–H groups in total. The zero-order valence-corrected chi connectivity index (χ0v) is 13.0. The summed E-state index contributed by atoms with van der Waals surface area (Å²) in [4.78, 5) is 16.3. The molecule has 1 fully saturated rings. The maximum Gasteiger partial charge on any atom is 0.236 e. The molecule has 0 radical (unpaired) electrons. The van der Waals surface area contributed by atoms with E-state index in [0.29, 0.717) is 19.1 Å². The van der Waals surface area contributed by atoms with Gasteiger partial charge in [0.25, 0.3) is 0 Å². The molecule has 0 aromatic heterocycles. The Morgan fingerprint density at radius 1 is 1.40 bits per heavy atom. The Labute approximate surface area is 127 Å². The van der Waals surface area contributed by atoms with Gasteiger partial charge in [-0.3, -0.25) is 9.69 Å². The monoisotopic (exact) mass is 297 g/mol. The molecule has 1 saturated heterocycles. The van der Waals surface area contributed by atoms with Crippen LogP contribution < -0.4 is 5.32 Å². The minimum Gasteiger partial charge on any atom is -0.340 e. The fourth-order valence-electron chi connectivity index (χ4n) is 2.36. The van der Waals surface area contributed by atoms with E-state index in [1.165, 1.54) is 5.56 Å². The van der Waals surface area contributed by atoms with Gasteiger partial charge in [-0.05, 0) is 12.5 Å². The number of amides is 1. The van der Waals surface area contributed by atoms with Crippen molar-refractivity contribution in [2.45, 2.75) is 19.5 Å². The van der Waals surface area contributed by atoms with Gasteiger partial charge in [0.1, 0.15) is 0 Å². The quantitative estimate of drug-likeness (QED) is 0.911. The van der Waals surface area contributed by atoms with Crippen LogP contribution in [0.5, 0.6) is 0 Å². The topological polar surface area (TPSA) is 35.6 Å². The molecular formula is C15H24ClN3O. The van der Waals surface area contributed by atoms with E-state index in [0.717, 1.165) is 19.6 Å². The Morgan fingerprint density at radius 2 is 2.10 bits per heavy atom. The molecule has 112 valence electrons. The van der Waals surface area contributed by atoms with E-state index in [4.69, 9.17) is 0 Å². The number of piperazine rings is 1. The van der Waals surface area contributed by atoms with Gasteiger partial charge in [-0.15, -0.1) is 12.4 Å². The van der Waals surface area contributed by atoms with Gasteiger partial charge in [-0.25, -0.2) is 0 Å². The number of carbonyl (C=O) groups is 1. The summed E-state index contributed by atoms with van der Waals surface area (Å²) >= 11 is 0. The highest BCUT2D eigenvalue weighted by Crippen LogP contribution is 2.06. The van der Waals surface area contributed by atoms with Crippen molar-refractivity contribution in [2.75, 3.05) is 33.2 Å². The molecule has 5 heteroatoms. The zero-order chi connectivity index (χ0) is 13.7. The Bertz CT molecular complexity index is 413. The van der Waals surface area contributed by atoms with Crippen LogP contribution in [0.15, 0.2) is 30.3 Å². The number of rotatable bonds is 4. The van der Waals surface area contributed by atoms with Gasteiger partial charge in [0.05, 0.1) is 6.54 Å². The lowest BCUT2D eigenvalue weighted by molar-refractivity contribution is -0.132. The van der Waals surface area contributed by atoms with Crippen LogP contribution in [0.25, 0.3) is 0 Å². The molecule has 1 atom stereocenters. The highest BCUT2D eigenvalue weighted by molar-refractivity contribution is 5.85. The average molecular weight is 298 g/mol. The second-order valence-electron chi connectivity index (χ2n) is 5.26. The summed E-state index contributed by atoms with van der Waals surface area (Å²) in [6.07, 6.45) is 0. The molecule has 1 aliphatic heterocycles. The van der Waals surface area contributed by atoms with Crippen LogP contribution in [0.2, 0.25) is 0 Å². The van der Waals surface area contributed by atoms with E-state index < -0.39 is 0 Å². The van der Waals surface area contributed by atoms with Crippen LogP contribution in [0.3, 0.4) is 0 Å². The number of hydrogen-bond donors (Lipinski definition) is 1. The van der Waals surface area contributed by atoms with Gasteiger partial charge < -0.3 is 10.2 Å². The first-order chi connectivity index (χ1) is 9.16. The predicted octanol–water partition coefficient (Wildman–Crippen LogP) is 1.36. The number of likely N-dealkylation sites (N-methyl/N-ethyl adjacent to an activating group) is 1. The van der Waals surface area contributed by atoms with Crippen LogP contribution in [-0.2, 0) is 11.3 Å². The predicted molar refractivity (Wildman–Crippen MR) is 84.1 cm³/mol. The molecule has 0 spiro atoms. The van der Waals surface area contributed by atoms with Crippen molar-refractivity contribution >= 4 is 18.3 Å². The SMILES string of the molecule is CC1CNCCN1CC(=O)N(C)Cc1ccccc1.Cl. The fourth-order valence-corrected chi connectivity index (χ4v) is 2.36. The lowest BCUT2D eigenvalue weighted by atomic mass is 10.2. The van der Waals surface area contributed by atoms with Crippen molar-refractivity contribution in [1.29, 1.82) is 0 Å². The Hall–Kier alpha value is -1.10. The highest BCUT2D eigenvalue weighted by Gasteiger charge is 2.21. The number of benzene rings is 1. The summed E-state index contributed by atoms with van der Waals surface area (Å²) in [5.41, 5.74) is 1.17. The summed E-state index contributed by atoms with van der Waals surface area (Å²) in [6.45, 7) is 6.25. The first-order valence-electron chi connectivity index (χ1n) is 6.89. The molecule has 20 heavy (non-hydrogen) atoms. The van der Waals surface area contributed by atoms with Gasteiger partial charge in [0.2, 0.25) is 5.91 Å².